The topological polar surface area (TPSA) is 97.4 Å². The van der Waals surface area contributed by atoms with Gasteiger partial charge >= 0.3 is 0 Å². The quantitative estimate of drug-likeness (QED) is 0.408. The molecule has 0 aliphatic carbocycles. The van der Waals surface area contributed by atoms with Crippen LogP contribution in [0.1, 0.15) is 29.8 Å². The zero-order chi connectivity index (χ0) is 31.3. The van der Waals surface area contributed by atoms with Crippen LogP contribution < -0.4 is 14.2 Å². The van der Waals surface area contributed by atoms with Gasteiger partial charge in [0.1, 0.15) is 29.7 Å². The van der Waals surface area contributed by atoms with Crippen LogP contribution in [0.25, 0.3) is 0 Å². The first-order chi connectivity index (χ1) is 20.4. The molecule has 0 aromatic heterocycles. The Kier molecular flexibility index (Phi) is 10.3. The highest BCUT2D eigenvalue weighted by Crippen LogP contribution is 2.28. The van der Waals surface area contributed by atoms with Crippen LogP contribution in [-0.4, -0.2) is 77.2 Å². The molecule has 12 heteroatoms. The van der Waals surface area contributed by atoms with Crippen LogP contribution in [0, 0.1) is 17.6 Å². The number of fused-ring (bicyclic) bond motifs is 1. The van der Waals surface area contributed by atoms with Crippen LogP contribution in [0.4, 0.5) is 14.5 Å². The lowest BCUT2D eigenvalue weighted by molar-refractivity contribution is 0.00903. The molecule has 0 saturated heterocycles. The molecule has 0 saturated carbocycles. The lowest BCUT2D eigenvalue weighted by Gasteiger charge is -2.36. The summed E-state index contributed by atoms with van der Waals surface area (Å²) in [5, 5.41) is 0. The molecule has 1 amide bonds. The van der Waals surface area contributed by atoms with Gasteiger partial charge in [0.2, 0.25) is 0 Å². The summed E-state index contributed by atoms with van der Waals surface area (Å²) in [5.41, 5.74) is 0.567. The van der Waals surface area contributed by atoms with Crippen LogP contribution in [0.15, 0.2) is 65.6 Å². The summed E-state index contributed by atoms with van der Waals surface area (Å²) < 4.78 is 74.2. The summed E-state index contributed by atoms with van der Waals surface area (Å²) in [6, 6.07) is 13.5. The van der Waals surface area contributed by atoms with Gasteiger partial charge in [-0.3, -0.25) is 14.4 Å². The van der Waals surface area contributed by atoms with Crippen LogP contribution in [-0.2, 0) is 21.3 Å². The number of nitrogens with one attached hydrogen (secondary N) is 1. The van der Waals surface area contributed by atoms with Crippen molar-refractivity contribution in [3.05, 3.63) is 83.4 Å². The van der Waals surface area contributed by atoms with Crippen LogP contribution in [0.2, 0.25) is 0 Å². The number of hydrogen-bond donors (Lipinski definition) is 1. The second-order valence-corrected chi connectivity index (χ2v) is 12.4. The minimum absolute atomic E-state index is 0.0290. The van der Waals surface area contributed by atoms with Gasteiger partial charge in [-0.15, -0.1) is 0 Å². The minimum atomic E-state index is -3.96. The Morgan fingerprint density at radius 3 is 2.40 bits per heavy atom. The average molecular weight is 618 g/mol. The molecule has 9 nitrogen and oxygen atoms in total. The van der Waals surface area contributed by atoms with Crippen LogP contribution in [0.5, 0.6) is 11.5 Å². The summed E-state index contributed by atoms with van der Waals surface area (Å²) in [6.07, 6.45) is -0.374. The molecule has 43 heavy (non-hydrogen) atoms. The summed E-state index contributed by atoms with van der Waals surface area (Å²) in [7, 11) is 0.720. The molecule has 1 N–H and O–H groups in total. The van der Waals surface area contributed by atoms with E-state index in [0.29, 0.717) is 12.3 Å². The fourth-order valence-corrected chi connectivity index (χ4v) is 6.04. The number of ether oxygens (including phenoxy) is 3. The Morgan fingerprint density at radius 1 is 1.00 bits per heavy atom. The Bertz CT molecular complexity index is 1540. The van der Waals surface area contributed by atoms with Crippen molar-refractivity contribution in [2.45, 2.75) is 37.4 Å². The van der Waals surface area contributed by atoms with Crippen molar-refractivity contribution in [2.75, 3.05) is 45.7 Å². The van der Waals surface area contributed by atoms with Gasteiger partial charge in [-0.1, -0.05) is 6.92 Å². The smallest absolute Gasteiger partial charge is 0.261 e. The molecule has 0 spiro atoms. The molecule has 0 fully saturated rings. The van der Waals surface area contributed by atoms with Gasteiger partial charge in [0.15, 0.2) is 0 Å². The van der Waals surface area contributed by atoms with Gasteiger partial charge in [0.25, 0.3) is 15.9 Å². The fraction of sp³-hybridized carbons (Fsp3) is 0.387. The number of nitrogens with zero attached hydrogens (tertiary/aromatic N) is 2. The number of benzene rings is 3. The number of rotatable bonds is 7. The highest BCUT2D eigenvalue weighted by molar-refractivity contribution is 7.92. The Balaban J connectivity index is 1.65. The molecule has 4 rings (SSSR count). The molecule has 0 unspecified atom stereocenters. The third kappa shape index (κ3) is 7.81. The van der Waals surface area contributed by atoms with E-state index < -0.39 is 21.7 Å². The maximum Gasteiger partial charge on any atom is 0.261 e. The normalized spacial score (nSPS) is 20.4. The maximum atomic E-state index is 14.6. The van der Waals surface area contributed by atoms with Crippen molar-refractivity contribution in [3.63, 3.8) is 0 Å². The first-order valence-corrected chi connectivity index (χ1v) is 15.3. The molecule has 3 atom stereocenters. The van der Waals surface area contributed by atoms with Gasteiger partial charge in [-0.25, -0.2) is 17.2 Å². The molecule has 1 aliphatic heterocycles. The van der Waals surface area contributed by atoms with E-state index >= 15 is 0 Å². The number of hydrogen-bond acceptors (Lipinski definition) is 7. The van der Waals surface area contributed by atoms with Crippen molar-refractivity contribution in [1.29, 1.82) is 0 Å². The van der Waals surface area contributed by atoms with Crippen LogP contribution in [0.3, 0.4) is 0 Å². The van der Waals surface area contributed by atoms with Crippen molar-refractivity contribution in [1.82, 2.24) is 9.80 Å². The van der Waals surface area contributed by atoms with Gasteiger partial charge in [0.05, 0.1) is 23.7 Å². The molecular formula is C31H37F2N3O6S. The lowest BCUT2D eigenvalue weighted by Crippen LogP contribution is -2.46. The predicted octanol–water partition coefficient (Wildman–Crippen LogP) is 4.78. The maximum absolute atomic E-state index is 14.6. The molecule has 0 radical (unpaired) electrons. The molecule has 3 aromatic rings. The van der Waals surface area contributed by atoms with E-state index in [1.165, 1.54) is 42.3 Å². The Morgan fingerprint density at radius 2 is 1.72 bits per heavy atom. The number of likely N-dealkylation sites (N-methyl/N-ethyl adjacent to an activating group) is 1. The summed E-state index contributed by atoms with van der Waals surface area (Å²) in [6.45, 7) is 4.85. The van der Waals surface area contributed by atoms with Crippen molar-refractivity contribution in [3.8, 4) is 11.5 Å². The second-order valence-electron chi connectivity index (χ2n) is 10.8. The van der Waals surface area contributed by atoms with Crippen molar-refractivity contribution in [2.24, 2.45) is 5.92 Å². The first-order valence-electron chi connectivity index (χ1n) is 13.8. The van der Waals surface area contributed by atoms with E-state index in [-0.39, 0.29) is 71.1 Å². The third-order valence-electron chi connectivity index (χ3n) is 7.58. The summed E-state index contributed by atoms with van der Waals surface area (Å²) in [4.78, 5) is 17.2. The monoisotopic (exact) mass is 617 g/mol. The minimum Gasteiger partial charge on any atom is -0.497 e. The van der Waals surface area contributed by atoms with E-state index in [2.05, 4.69) is 4.72 Å². The second kappa shape index (κ2) is 13.7. The van der Waals surface area contributed by atoms with Gasteiger partial charge in [-0.05, 0) is 73.5 Å². The largest absolute Gasteiger partial charge is 0.497 e. The van der Waals surface area contributed by atoms with E-state index in [4.69, 9.17) is 14.2 Å². The van der Waals surface area contributed by atoms with E-state index in [1.54, 1.807) is 32.4 Å². The zero-order valence-corrected chi connectivity index (χ0v) is 25.7. The van der Waals surface area contributed by atoms with E-state index in [0.717, 1.165) is 12.1 Å². The third-order valence-corrected chi connectivity index (χ3v) is 8.97. The van der Waals surface area contributed by atoms with Gasteiger partial charge < -0.3 is 19.1 Å². The van der Waals surface area contributed by atoms with E-state index in [9.17, 15) is 22.0 Å². The number of anilines is 1. The van der Waals surface area contributed by atoms with Crippen molar-refractivity contribution >= 4 is 21.6 Å². The standard InChI is InChI=1S/C31H37F2N3O6S/c1-20-16-36(17-22-14-23(32)6-12-28(22)33)21(2)19-42-29-13-7-24(15-27(29)31(37)35(3)18-30(20)41-5)34-43(38,39)26-10-8-25(40-4)9-11-26/h6-15,20-21,30,34H,16-19H2,1-5H3/t20-,21-,30-/m1/s1. The molecule has 3 aromatic carbocycles. The number of sulfonamides is 1. The Hall–Kier alpha value is -3.74. The highest BCUT2D eigenvalue weighted by Gasteiger charge is 2.29. The average Bonchev–Trinajstić information content (AvgIpc) is 2.99. The highest BCUT2D eigenvalue weighted by atomic mass is 32.2. The number of carbonyl (C=O) groups excluding carboxylic acids is 1. The van der Waals surface area contributed by atoms with Crippen molar-refractivity contribution < 1.29 is 36.2 Å². The summed E-state index contributed by atoms with van der Waals surface area (Å²) >= 11 is 0. The zero-order valence-electron chi connectivity index (χ0n) is 24.8. The molecule has 1 heterocycles. The van der Waals surface area contributed by atoms with E-state index in [1.807, 2.05) is 18.7 Å². The molecule has 1 aliphatic rings. The SMILES string of the molecule is COc1ccc(S(=O)(=O)Nc2ccc3c(c2)C(=O)N(C)C[C@@H](OC)[C@H](C)CN(Cc2cc(F)ccc2F)[C@H](C)CO3)cc1. The predicted molar refractivity (Wildman–Crippen MR) is 159 cm³/mol. The molecule has 232 valence electrons. The summed E-state index contributed by atoms with van der Waals surface area (Å²) in [5.74, 6) is -0.720. The van der Waals surface area contributed by atoms with Crippen LogP contribution >= 0.6 is 0 Å². The number of amides is 1. The number of methoxy groups -OCH3 is 2. The molecular weight excluding hydrogens is 580 g/mol. The van der Waals surface area contributed by atoms with Gasteiger partial charge in [-0.2, -0.15) is 0 Å². The first kappa shape index (κ1) is 32.2. The lowest BCUT2D eigenvalue weighted by atomic mass is 10.0. The number of carbonyl (C=O) groups is 1. The Labute approximate surface area is 251 Å². The fourth-order valence-electron chi connectivity index (χ4n) is 4.99. The van der Waals surface area contributed by atoms with Gasteiger partial charge in [0, 0.05) is 51.1 Å². The number of halogens is 2. The molecule has 0 bridgehead atoms.